The van der Waals surface area contributed by atoms with Crippen LogP contribution in [0.25, 0.3) is 0 Å². The standard InChI is InChI=1S/C31H31FN4O3/c1-35(21-22-13-16-26(39-2)17-14-22)30(37)27(19-23-15-18-28(33)34-20-23)36(32)31(38)29(24-9-5-3-6-10-24)25-11-7-4-8-12-25/h3-18,20,27,29H,19,21H2,1-2H3,(H2,33,34). The van der Waals surface area contributed by atoms with E-state index in [0.717, 1.165) is 5.56 Å². The number of likely N-dealkylation sites (N-methyl/N-ethyl adjacent to an activating group) is 1. The second kappa shape index (κ2) is 12.7. The zero-order chi connectivity index (χ0) is 27.8. The predicted octanol–water partition coefficient (Wildman–Crippen LogP) is 4.79. The number of nitrogen functional groups attached to an aromatic ring is 1. The zero-order valence-corrected chi connectivity index (χ0v) is 21.9. The van der Waals surface area contributed by atoms with Crippen LogP contribution in [0.1, 0.15) is 28.2 Å². The van der Waals surface area contributed by atoms with E-state index in [1.807, 2.05) is 24.3 Å². The summed E-state index contributed by atoms with van der Waals surface area (Å²) < 4.78 is 21.5. The summed E-state index contributed by atoms with van der Waals surface area (Å²) in [4.78, 5) is 33.0. The van der Waals surface area contributed by atoms with Crippen LogP contribution in [0.4, 0.5) is 10.3 Å². The Kier molecular flexibility index (Phi) is 8.89. The molecule has 0 saturated carbocycles. The van der Waals surface area contributed by atoms with E-state index in [-0.39, 0.29) is 18.1 Å². The fourth-order valence-electron chi connectivity index (χ4n) is 4.43. The summed E-state index contributed by atoms with van der Waals surface area (Å²) >= 11 is 0. The lowest BCUT2D eigenvalue weighted by molar-refractivity contribution is -0.162. The molecule has 0 aliphatic carbocycles. The van der Waals surface area contributed by atoms with Gasteiger partial charge < -0.3 is 15.4 Å². The SMILES string of the molecule is COc1ccc(CN(C)C(=O)C(Cc2ccc(N)nc2)N(F)C(=O)C(c2ccccc2)c2ccccc2)cc1. The van der Waals surface area contributed by atoms with Gasteiger partial charge in [-0.25, -0.2) is 4.98 Å². The maximum atomic E-state index is 16.3. The number of carbonyl (C=O) groups is 2. The Labute approximate surface area is 227 Å². The third-order valence-corrected chi connectivity index (χ3v) is 6.51. The predicted molar refractivity (Wildman–Crippen MR) is 148 cm³/mol. The Morgan fingerprint density at radius 1 is 0.846 bits per heavy atom. The molecule has 0 fully saturated rings. The molecule has 0 spiro atoms. The van der Waals surface area contributed by atoms with Gasteiger partial charge in [0.25, 0.3) is 5.91 Å². The molecule has 1 unspecified atom stereocenters. The van der Waals surface area contributed by atoms with Crippen molar-refractivity contribution in [2.24, 2.45) is 0 Å². The molecule has 1 atom stereocenters. The number of hydrogen-bond donors (Lipinski definition) is 1. The molecule has 8 heteroatoms. The number of nitrogens with zero attached hydrogens (tertiary/aromatic N) is 3. The van der Waals surface area contributed by atoms with Gasteiger partial charge in [-0.3, -0.25) is 9.59 Å². The van der Waals surface area contributed by atoms with E-state index >= 15 is 4.48 Å². The molecule has 2 N–H and O–H groups in total. The number of rotatable bonds is 10. The number of aromatic nitrogens is 1. The van der Waals surface area contributed by atoms with Crippen molar-refractivity contribution in [1.82, 2.24) is 15.0 Å². The van der Waals surface area contributed by atoms with E-state index in [2.05, 4.69) is 4.98 Å². The van der Waals surface area contributed by atoms with Crippen LogP contribution in [0.15, 0.2) is 103 Å². The number of pyridine rings is 1. The highest BCUT2D eigenvalue weighted by atomic mass is 19.2. The van der Waals surface area contributed by atoms with E-state index in [1.165, 1.54) is 11.1 Å². The van der Waals surface area contributed by atoms with Crippen molar-refractivity contribution in [2.45, 2.75) is 24.9 Å². The molecule has 0 saturated heterocycles. The third-order valence-electron chi connectivity index (χ3n) is 6.51. The highest BCUT2D eigenvalue weighted by Crippen LogP contribution is 2.29. The van der Waals surface area contributed by atoms with Gasteiger partial charge in [-0.1, -0.05) is 83.3 Å². The Morgan fingerprint density at radius 2 is 1.41 bits per heavy atom. The Morgan fingerprint density at radius 3 is 1.92 bits per heavy atom. The second-order valence-corrected chi connectivity index (χ2v) is 9.26. The van der Waals surface area contributed by atoms with Crippen LogP contribution in [-0.2, 0) is 22.6 Å². The van der Waals surface area contributed by atoms with E-state index in [9.17, 15) is 9.59 Å². The van der Waals surface area contributed by atoms with E-state index in [0.29, 0.717) is 28.3 Å². The van der Waals surface area contributed by atoms with Crippen LogP contribution in [-0.4, -0.2) is 47.0 Å². The van der Waals surface area contributed by atoms with Crippen LogP contribution >= 0.6 is 0 Å². The van der Waals surface area contributed by atoms with Gasteiger partial charge in [-0.15, -0.1) is 0 Å². The number of amides is 2. The molecule has 4 aromatic rings. The van der Waals surface area contributed by atoms with E-state index in [1.54, 1.807) is 87.0 Å². The number of carbonyl (C=O) groups excluding carboxylic acids is 2. The van der Waals surface area contributed by atoms with Gasteiger partial charge in [0, 0.05) is 26.2 Å². The number of halogens is 1. The summed E-state index contributed by atoms with van der Waals surface area (Å²) in [6, 6.07) is 27.1. The van der Waals surface area contributed by atoms with Crippen molar-refractivity contribution in [2.75, 3.05) is 19.9 Å². The maximum Gasteiger partial charge on any atom is 0.262 e. The van der Waals surface area contributed by atoms with Gasteiger partial charge >= 0.3 is 0 Å². The lowest BCUT2D eigenvalue weighted by Gasteiger charge is -2.30. The molecule has 1 heterocycles. The Balaban J connectivity index is 1.65. The second-order valence-electron chi connectivity index (χ2n) is 9.26. The summed E-state index contributed by atoms with van der Waals surface area (Å²) in [6.07, 6.45) is 1.42. The first-order chi connectivity index (χ1) is 18.9. The van der Waals surface area contributed by atoms with Crippen molar-refractivity contribution in [3.8, 4) is 5.75 Å². The Hall–Kier alpha value is -4.72. The van der Waals surface area contributed by atoms with Gasteiger partial charge in [-0.2, -0.15) is 5.12 Å². The van der Waals surface area contributed by atoms with Gasteiger partial charge in [0.1, 0.15) is 17.6 Å². The van der Waals surface area contributed by atoms with Crippen LogP contribution in [0, 0.1) is 0 Å². The van der Waals surface area contributed by atoms with Crippen molar-refractivity contribution in [3.05, 3.63) is 126 Å². The number of anilines is 1. The number of methoxy groups -OCH3 is 1. The van der Waals surface area contributed by atoms with Crippen molar-refractivity contribution >= 4 is 17.6 Å². The first kappa shape index (κ1) is 27.3. The highest BCUT2D eigenvalue weighted by molar-refractivity contribution is 5.92. The van der Waals surface area contributed by atoms with Gasteiger partial charge in [0.15, 0.2) is 0 Å². The average molecular weight is 527 g/mol. The molecule has 0 aliphatic heterocycles. The summed E-state index contributed by atoms with van der Waals surface area (Å²) in [5, 5.41) is 0.0773. The van der Waals surface area contributed by atoms with E-state index in [4.69, 9.17) is 10.5 Å². The molecule has 200 valence electrons. The fourth-order valence-corrected chi connectivity index (χ4v) is 4.43. The lowest BCUT2D eigenvalue weighted by Crippen LogP contribution is -2.48. The fraction of sp³-hybridized carbons (Fsp3) is 0.194. The van der Waals surface area contributed by atoms with Crippen molar-refractivity contribution < 1.29 is 18.8 Å². The Bertz CT molecular complexity index is 1330. The minimum Gasteiger partial charge on any atom is -0.497 e. The number of hydrogen-bond acceptors (Lipinski definition) is 5. The van der Waals surface area contributed by atoms with E-state index < -0.39 is 23.8 Å². The van der Waals surface area contributed by atoms with Crippen LogP contribution in [0.2, 0.25) is 0 Å². The molecule has 4 rings (SSSR count). The summed E-state index contributed by atoms with van der Waals surface area (Å²) in [5.74, 6) is -1.30. The van der Waals surface area contributed by atoms with Crippen molar-refractivity contribution in [1.29, 1.82) is 0 Å². The molecule has 0 radical (unpaired) electrons. The molecule has 0 aliphatic rings. The van der Waals surface area contributed by atoms with Gasteiger partial charge in [-0.05, 0) is 40.5 Å². The molecular weight excluding hydrogens is 495 g/mol. The smallest absolute Gasteiger partial charge is 0.262 e. The summed E-state index contributed by atoms with van der Waals surface area (Å²) in [6.45, 7) is 0.224. The molecule has 7 nitrogen and oxygen atoms in total. The van der Waals surface area contributed by atoms with Gasteiger partial charge in [0.2, 0.25) is 5.91 Å². The quantitative estimate of drug-likeness (QED) is 0.300. The number of nitrogens with two attached hydrogens (primary N) is 1. The first-order valence-electron chi connectivity index (χ1n) is 12.5. The topological polar surface area (TPSA) is 88.8 Å². The molecular formula is C31H31FN4O3. The third kappa shape index (κ3) is 6.78. The largest absolute Gasteiger partial charge is 0.497 e. The van der Waals surface area contributed by atoms with Gasteiger partial charge in [0.05, 0.1) is 13.0 Å². The molecule has 3 aromatic carbocycles. The monoisotopic (exact) mass is 526 g/mol. The number of benzene rings is 3. The maximum absolute atomic E-state index is 16.3. The summed E-state index contributed by atoms with van der Waals surface area (Å²) in [7, 11) is 3.16. The summed E-state index contributed by atoms with van der Waals surface area (Å²) in [5.41, 5.74) is 8.38. The average Bonchev–Trinajstić information content (AvgIpc) is 2.97. The van der Waals surface area contributed by atoms with Crippen LogP contribution in [0.5, 0.6) is 5.75 Å². The zero-order valence-electron chi connectivity index (χ0n) is 21.9. The van der Waals surface area contributed by atoms with Crippen molar-refractivity contribution in [3.63, 3.8) is 0 Å². The molecule has 0 bridgehead atoms. The normalized spacial score (nSPS) is 11.6. The van der Waals surface area contributed by atoms with Crippen LogP contribution < -0.4 is 10.5 Å². The molecule has 39 heavy (non-hydrogen) atoms. The minimum absolute atomic E-state index is 0.0718. The molecule has 1 aromatic heterocycles. The molecule has 2 amide bonds. The highest BCUT2D eigenvalue weighted by Gasteiger charge is 2.37. The first-order valence-corrected chi connectivity index (χ1v) is 12.5. The lowest BCUT2D eigenvalue weighted by atomic mass is 9.90. The number of ether oxygens (including phenoxy) is 1. The minimum atomic E-state index is -1.42. The van der Waals surface area contributed by atoms with Crippen LogP contribution in [0.3, 0.4) is 0 Å².